The minimum atomic E-state index is -0.131. The van der Waals surface area contributed by atoms with E-state index in [1.54, 1.807) is 0 Å². The van der Waals surface area contributed by atoms with Gasteiger partial charge in [-0.3, -0.25) is 4.90 Å². The van der Waals surface area contributed by atoms with Crippen molar-refractivity contribution in [3.63, 3.8) is 0 Å². The Morgan fingerprint density at radius 1 is 1.25 bits per heavy atom. The number of morpholine rings is 1. The monoisotopic (exact) mass is 341 g/mol. The highest BCUT2D eigenvalue weighted by atomic mass is 79.9. The van der Waals surface area contributed by atoms with Crippen LogP contribution in [0.2, 0.25) is 0 Å². The van der Waals surface area contributed by atoms with Gasteiger partial charge in [-0.05, 0) is 11.6 Å². The second kappa shape index (κ2) is 8.24. The summed E-state index contributed by atoms with van der Waals surface area (Å²) in [5.41, 5.74) is 1.07. The molecule has 0 atom stereocenters. The average molecular weight is 342 g/mol. The fraction of sp³-hybridized carbons (Fsp3) is 0.500. The molecule has 2 rings (SSSR count). The van der Waals surface area contributed by atoms with Gasteiger partial charge in [-0.1, -0.05) is 34.1 Å². The normalized spacial score (nSPS) is 15.8. The van der Waals surface area contributed by atoms with Crippen molar-refractivity contribution in [3.8, 4) is 0 Å². The van der Waals surface area contributed by atoms with Crippen molar-refractivity contribution in [1.82, 2.24) is 15.5 Å². The molecule has 0 saturated carbocycles. The molecule has 0 bridgehead atoms. The van der Waals surface area contributed by atoms with Gasteiger partial charge < -0.3 is 15.4 Å². The number of nitrogens with zero attached hydrogens (tertiary/aromatic N) is 1. The van der Waals surface area contributed by atoms with E-state index in [-0.39, 0.29) is 6.03 Å². The van der Waals surface area contributed by atoms with Crippen molar-refractivity contribution in [2.24, 2.45) is 0 Å². The number of rotatable bonds is 5. The molecule has 0 unspecified atom stereocenters. The first-order valence-corrected chi connectivity index (χ1v) is 7.60. The Bertz CT molecular complexity index is 436. The van der Waals surface area contributed by atoms with Crippen LogP contribution in [0.3, 0.4) is 0 Å². The summed E-state index contributed by atoms with van der Waals surface area (Å²) >= 11 is 3.46. The summed E-state index contributed by atoms with van der Waals surface area (Å²) in [6.07, 6.45) is 0. The molecule has 110 valence electrons. The Hall–Kier alpha value is -1.11. The number of carbonyl (C=O) groups excluding carboxylic acids is 1. The topological polar surface area (TPSA) is 53.6 Å². The van der Waals surface area contributed by atoms with E-state index in [4.69, 9.17) is 4.74 Å². The fourth-order valence-corrected chi connectivity index (χ4v) is 2.46. The number of benzene rings is 1. The van der Waals surface area contributed by atoms with Crippen LogP contribution in [0.15, 0.2) is 28.7 Å². The van der Waals surface area contributed by atoms with Crippen LogP contribution in [0.5, 0.6) is 0 Å². The summed E-state index contributed by atoms with van der Waals surface area (Å²) in [5, 5.41) is 5.73. The van der Waals surface area contributed by atoms with Gasteiger partial charge in [0.1, 0.15) is 0 Å². The van der Waals surface area contributed by atoms with Crippen molar-refractivity contribution in [1.29, 1.82) is 0 Å². The molecule has 1 fully saturated rings. The zero-order valence-corrected chi connectivity index (χ0v) is 13.0. The van der Waals surface area contributed by atoms with Gasteiger partial charge in [0.15, 0.2) is 0 Å². The molecule has 0 aliphatic carbocycles. The van der Waals surface area contributed by atoms with Crippen LogP contribution in [-0.2, 0) is 11.3 Å². The maximum absolute atomic E-state index is 11.7. The van der Waals surface area contributed by atoms with Gasteiger partial charge in [-0.15, -0.1) is 0 Å². The first-order valence-electron chi connectivity index (χ1n) is 6.81. The Balaban J connectivity index is 1.62. The van der Waals surface area contributed by atoms with E-state index in [1.807, 2.05) is 24.3 Å². The lowest BCUT2D eigenvalue weighted by atomic mass is 10.2. The number of carbonyl (C=O) groups is 1. The van der Waals surface area contributed by atoms with E-state index >= 15 is 0 Å². The standard InChI is InChI=1S/C14H20BrN3O2/c15-13-4-2-1-3-12(13)11-17-14(19)16-5-6-18-7-9-20-10-8-18/h1-4H,5-11H2,(H2,16,17,19). The molecule has 1 aliphatic rings. The Kier molecular flexibility index (Phi) is 6.29. The lowest BCUT2D eigenvalue weighted by Gasteiger charge is -2.26. The number of amides is 2. The quantitative estimate of drug-likeness (QED) is 0.854. The third-order valence-electron chi connectivity index (χ3n) is 3.21. The van der Waals surface area contributed by atoms with Gasteiger partial charge >= 0.3 is 6.03 Å². The predicted octanol–water partition coefficient (Wildman–Crippen LogP) is 1.58. The SMILES string of the molecule is O=C(NCCN1CCOCC1)NCc1ccccc1Br. The van der Waals surface area contributed by atoms with Crippen LogP contribution >= 0.6 is 15.9 Å². The molecule has 1 aromatic rings. The maximum Gasteiger partial charge on any atom is 0.315 e. The van der Waals surface area contributed by atoms with Gasteiger partial charge in [0.25, 0.3) is 0 Å². The third kappa shape index (κ3) is 5.11. The largest absolute Gasteiger partial charge is 0.379 e. The van der Waals surface area contributed by atoms with Crippen LogP contribution in [0.4, 0.5) is 4.79 Å². The molecular weight excluding hydrogens is 322 g/mol. The zero-order valence-electron chi connectivity index (χ0n) is 11.4. The number of hydrogen-bond acceptors (Lipinski definition) is 3. The lowest BCUT2D eigenvalue weighted by Crippen LogP contribution is -2.43. The van der Waals surface area contributed by atoms with Crippen LogP contribution in [-0.4, -0.2) is 50.3 Å². The van der Waals surface area contributed by atoms with E-state index in [0.29, 0.717) is 13.1 Å². The van der Waals surface area contributed by atoms with Crippen molar-refractivity contribution in [3.05, 3.63) is 34.3 Å². The van der Waals surface area contributed by atoms with Crippen molar-refractivity contribution < 1.29 is 9.53 Å². The molecule has 1 saturated heterocycles. The molecule has 2 amide bonds. The highest BCUT2D eigenvalue weighted by Gasteiger charge is 2.10. The van der Waals surface area contributed by atoms with Gasteiger partial charge in [0.2, 0.25) is 0 Å². The summed E-state index contributed by atoms with van der Waals surface area (Å²) < 4.78 is 6.29. The minimum Gasteiger partial charge on any atom is -0.379 e. The summed E-state index contributed by atoms with van der Waals surface area (Å²) in [6, 6.07) is 7.73. The Morgan fingerprint density at radius 2 is 2.00 bits per heavy atom. The first-order chi connectivity index (χ1) is 9.75. The highest BCUT2D eigenvalue weighted by molar-refractivity contribution is 9.10. The van der Waals surface area contributed by atoms with Crippen LogP contribution in [0, 0.1) is 0 Å². The summed E-state index contributed by atoms with van der Waals surface area (Å²) in [4.78, 5) is 14.0. The third-order valence-corrected chi connectivity index (χ3v) is 3.99. The van der Waals surface area contributed by atoms with Gasteiger partial charge in [-0.2, -0.15) is 0 Å². The lowest BCUT2D eigenvalue weighted by molar-refractivity contribution is 0.0387. The van der Waals surface area contributed by atoms with Crippen LogP contribution in [0.25, 0.3) is 0 Å². The maximum atomic E-state index is 11.7. The predicted molar refractivity (Wildman–Crippen MR) is 81.6 cm³/mol. The Labute approximate surface area is 127 Å². The fourth-order valence-electron chi connectivity index (χ4n) is 2.03. The number of ether oxygens (including phenoxy) is 1. The van der Waals surface area contributed by atoms with Gasteiger partial charge in [0.05, 0.1) is 13.2 Å². The summed E-state index contributed by atoms with van der Waals surface area (Å²) in [6.45, 7) is 5.50. The molecule has 5 nitrogen and oxygen atoms in total. The first kappa shape index (κ1) is 15.3. The second-order valence-electron chi connectivity index (χ2n) is 4.65. The number of hydrogen-bond donors (Lipinski definition) is 2. The van der Waals surface area contributed by atoms with Gasteiger partial charge in [-0.25, -0.2) is 4.79 Å². The molecule has 1 aromatic carbocycles. The minimum absolute atomic E-state index is 0.131. The highest BCUT2D eigenvalue weighted by Crippen LogP contribution is 2.15. The number of nitrogens with one attached hydrogen (secondary N) is 2. The molecule has 0 spiro atoms. The number of halogens is 1. The van der Waals surface area contributed by atoms with Crippen LogP contribution in [0.1, 0.15) is 5.56 Å². The molecule has 6 heteroatoms. The van der Waals surface area contributed by atoms with E-state index < -0.39 is 0 Å². The van der Waals surface area contributed by atoms with E-state index in [0.717, 1.165) is 42.9 Å². The second-order valence-corrected chi connectivity index (χ2v) is 5.51. The van der Waals surface area contributed by atoms with Crippen LogP contribution < -0.4 is 10.6 Å². The smallest absolute Gasteiger partial charge is 0.315 e. The van der Waals surface area contributed by atoms with Crippen molar-refractivity contribution >= 4 is 22.0 Å². The molecule has 0 aromatic heterocycles. The zero-order chi connectivity index (χ0) is 14.2. The van der Waals surface area contributed by atoms with E-state index in [1.165, 1.54) is 0 Å². The van der Waals surface area contributed by atoms with Crippen molar-refractivity contribution in [2.75, 3.05) is 39.4 Å². The molecule has 1 aliphatic heterocycles. The molecule has 1 heterocycles. The van der Waals surface area contributed by atoms with E-state index in [9.17, 15) is 4.79 Å². The molecule has 0 radical (unpaired) electrons. The Morgan fingerprint density at radius 3 is 2.75 bits per heavy atom. The summed E-state index contributed by atoms with van der Waals surface area (Å²) in [5.74, 6) is 0. The van der Waals surface area contributed by atoms with Crippen molar-refractivity contribution in [2.45, 2.75) is 6.54 Å². The number of urea groups is 1. The molecule has 2 N–H and O–H groups in total. The molecular formula is C14H20BrN3O2. The summed E-state index contributed by atoms with van der Waals surface area (Å²) in [7, 11) is 0. The van der Waals surface area contributed by atoms with E-state index in [2.05, 4.69) is 31.5 Å². The molecule has 20 heavy (non-hydrogen) atoms. The average Bonchev–Trinajstić information content (AvgIpc) is 2.47. The van der Waals surface area contributed by atoms with Gasteiger partial charge in [0, 0.05) is 37.2 Å².